The van der Waals surface area contributed by atoms with E-state index in [1.54, 1.807) is 24.3 Å². The van der Waals surface area contributed by atoms with Crippen LogP contribution in [0.5, 0.6) is 5.75 Å². The van der Waals surface area contributed by atoms with Crippen molar-refractivity contribution in [2.45, 2.75) is 20.8 Å². The third-order valence-corrected chi connectivity index (χ3v) is 1.84. The van der Waals surface area contributed by atoms with Gasteiger partial charge in [0.15, 0.2) is 6.73 Å². The highest BCUT2D eigenvalue weighted by atomic mass is 16.5. The molecule has 0 saturated heterocycles. The van der Waals surface area contributed by atoms with E-state index in [0.29, 0.717) is 0 Å². The van der Waals surface area contributed by atoms with Gasteiger partial charge in [-0.25, -0.2) is 0 Å². The van der Waals surface area contributed by atoms with Crippen molar-refractivity contribution >= 4 is 5.91 Å². The summed E-state index contributed by atoms with van der Waals surface area (Å²) in [6.07, 6.45) is 0. The van der Waals surface area contributed by atoms with E-state index < -0.39 is 0 Å². The number of carbonyl (C=O) groups excluding carboxylic acids is 1. The van der Waals surface area contributed by atoms with Crippen LogP contribution in [0.2, 0.25) is 0 Å². The molecule has 0 bridgehead atoms. The highest BCUT2D eigenvalue weighted by molar-refractivity contribution is 5.81. The maximum atomic E-state index is 11.5. The van der Waals surface area contributed by atoms with Crippen molar-refractivity contribution in [1.82, 2.24) is 5.32 Å². The molecule has 0 aromatic heterocycles. The summed E-state index contributed by atoms with van der Waals surface area (Å²) in [4.78, 5) is 11.5. The molecule has 0 saturated carbocycles. The van der Waals surface area contributed by atoms with E-state index in [0.717, 1.165) is 5.75 Å². The fourth-order valence-electron chi connectivity index (χ4n) is 0.918. The molecule has 0 aliphatic rings. The Morgan fingerprint density at radius 1 is 1.40 bits per heavy atom. The summed E-state index contributed by atoms with van der Waals surface area (Å²) in [5.41, 5.74) is -0.381. The summed E-state index contributed by atoms with van der Waals surface area (Å²) < 4.78 is 5.32. The van der Waals surface area contributed by atoms with Gasteiger partial charge in [-0.1, -0.05) is 32.9 Å². The molecule has 0 fully saturated rings. The van der Waals surface area contributed by atoms with Crippen LogP contribution in [-0.4, -0.2) is 12.6 Å². The lowest BCUT2D eigenvalue weighted by Crippen LogP contribution is -2.37. The summed E-state index contributed by atoms with van der Waals surface area (Å²) in [7, 11) is 0. The van der Waals surface area contributed by atoms with E-state index in [1.165, 1.54) is 0 Å². The summed E-state index contributed by atoms with van der Waals surface area (Å²) in [6, 6.07) is 10.0. The van der Waals surface area contributed by atoms with E-state index in [2.05, 4.69) is 11.4 Å². The topological polar surface area (TPSA) is 38.3 Å². The van der Waals surface area contributed by atoms with Crippen molar-refractivity contribution in [1.29, 1.82) is 0 Å². The summed E-state index contributed by atoms with van der Waals surface area (Å²) in [6.45, 7) is 5.78. The molecule has 1 aromatic rings. The van der Waals surface area contributed by atoms with Crippen molar-refractivity contribution in [2.24, 2.45) is 5.41 Å². The average molecular weight is 206 g/mol. The normalized spacial score (nSPS) is 10.9. The van der Waals surface area contributed by atoms with E-state index in [4.69, 9.17) is 4.74 Å². The number of hydrogen-bond acceptors (Lipinski definition) is 2. The minimum absolute atomic E-state index is 0.0232. The fourth-order valence-corrected chi connectivity index (χ4v) is 0.918. The van der Waals surface area contributed by atoms with Gasteiger partial charge >= 0.3 is 0 Å². The molecular formula is C12H16NO2. The Labute approximate surface area is 90.4 Å². The van der Waals surface area contributed by atoms with Crippen LogP contribution in [-0.2, 0) is 4.79 Å². The van der Waals surface area contributed by atoms with Crippen molar-refractivity contribution in [3.05, 3.63) is 30.3 Å². The van der Waals surface area contributed by atoms with E-state index in [1.807, 2.05) is 20.8 Å². The standard InChI is InChI=1S/C12H16NO2/c1-12(2,3)11(14)13-9-15-10-7-5-4-6-8-10/h5-8H,9H2,1-3H3,(H,13,14). The molecule has 0 aliphatic heterocycles. The summed E-state index contributed by atoms with van der Waals surface area (Å²) in [5.74, 6) is 0.702. The van der Waals surface area contributed by atoms with Gasteiger partial charge in [-0.3, -0.25) is 4.79 Å². The molecule has 1 rings (SSSR count). The fraction of sp³-hybridized carbons (Fsp3) is 0.417. The first-order valence-electron chi connectivity index (χ1n) is 4.87. The van der Waals surface area contributed by atoms with E-state index >= 15 is 0 Å². The lowest BCUT2D eigenvalue weighted by atomic mass is 9.96. The van der Waals surface area contributed by atoms with E-state index in [9.17, 15) is 4.79 Å². The monoisotopic (exact) mass is 206 g/mol. The summed E-state index contributed by atoms with van der Waals surface area (Å²) in [5, 5.41) is 2.70. The van der Waals surface area contributed by atoms with Crippen LogP contribution < -0.4 is 10.1 Å². The molecular weight excluding hydrogens is 190 g/mol. The van der Waals surface area contributed by atoms with Gasteiger partial charge in [-0.15, -0.1) is 0 Å². The quantitative estimate of drug-likeness (QED) is 0.768. The van der Waals surface area contributed by atoms with Gasteiger partial charge in [-0.05, 0) is 18.2 Å². The Morgan fingerprint density at radius 2 is 2.00 bits per heavy atom. The molecule has 0 unspecified atom stereocenters. The number of amides is 1. The van der Waals surface area contributed by atoms with Gasteiger partial charge in [0, 0.05) is 5.41 Å². The number of benzene rings is 1. The van der Waals surface area contributed by atoms with Crippen molar-refractivity contribution < 1.29 is 9.53 Å². The van der Waals surface area contributed by atoms with E-state index in [-0.39, 0.29) is 18.1 Å². The molecule has 1 radical (unpaired) electrons. The van der Waals surface area contributed by atoms with Gasteiger partial charge in [-0.2, -0.15) is 0 Å². The van der Waals surface area contributed by atoms with Crippen LogP contribution in [0.4, 0.5) is 0 Å². The first kappa shape index (κ1) is 11.6. The molecule has 0 heterocycles. The molecule has 1 aromatic carbocycles. The predicted molar refractivity (Wildman–Crippen MR) is 58.4 cm³/mol. The third kappa shape index (κ3) is 4.02. The number of rotatable bonds is 3. The second-order valence-electron chi connectivity index (χ2n) is 4.28. The van der Waals surface area contributed by atoms with Crippen molar-refractivity contribution in [3.63, 3.8) is 0 Å². The zero-order valence-corrected chi connectivity index (χ0v) is 9.33. The zero-order chi connectivity index (χ0) is 11.3. The van der Waals surface area contributed by atoms with Crippen LogP contribution in [0.1, 0.15) is 20.8 Å². The Balaban J connectivity index is 2.32. The molecule has 3 heteroatoms. The lowest BCUT2D eigenvalue weighted by Gasteiger charge is -2.17. The number of nitrogens with one attached hydrogen (secondary N) is 1. The maximum Gasteiger partial charge on any atom is 0.227 e. The molecule has 0 atom stereocenters. The second kappa shape index (κ2) is 4.82. The third-order valence-electron chi connectivity index (χ3n) is 1.84. The predicted octanol–water partition coefficient (Wildman–Crippen LogP) is 1.99. The first-order valence-corrected chi connectivity index (χ1v) is 4.87. The highest BCUT2D eigenvalue weighted by Gasteiger charge is 2.20. The number of ether oxygens (including phenoxy) is 1. The Kier molecular flexibility index (Phi) is 3.72. The minimum Gasteiger partial charge on any atom is -0.473 e. The highest BCUT2D eigenvalue weighted by Crippen LogP contribution is 2.12. The zero-order valence-electron chi connectivity index (χ0n) is 9.33. The summed E-state index contributed by atoms with van der Waals surface area (Å²) >= 11 is 0. The van der Waals surface area contributed by atoms with Gasteiger partial charge in [0.1, 0.15) is 5.75 Å². The molecule has 15 heavy (non-hydrogen) atoms. The van der Waals surface area contributed by atoms with Crippen LogP contribution in [0.25, 0.3) is 0 Å². The van der Waals surface area contributed by atoms with Crippen molar-refractivity contribution in [2.75, 3.05) is 6.73 Å². The number of hydrogen-bond donors (Lipinski definition) is 1. The molecule has 3 nitrogen and oxygen atoms in total. The molecule has 0 aliphatic carbocycles. The second-order valence-corrected chi connectivity index (χ2v) is 4.28. The lowest BCUT2D eigenvalue weighted by molar-refractivity contribution is -0.129. The Bertz CT molecular complexity index is 314. The van der Waals surface area contributed by atoms with Crippen molar-refractivity contribution in [3.8, 4) is 5.75 Å². The van der Waals surface area contributed by atoms with Crippen LogP contribution in [0.15, 0.2) is 24.3 Å². The molecule has 1 amide bonds. The van der Waals surface area contributed by atoms with Crippen LogP contribution in [0, 0.1) is 11.5 Å². The average Bonchev–Trinajstić information content (AvgIpc) is 2.18. The minimum atomic E-state index is -0.381. The smallest absolute Gasteiger partial charge is 0.227 e. The first-order chi connectivity index (χ1) is 7.00. The Morgan fingerprint density at radius 3 is 2.53 bits per heavy atom. The van der Waals surface area contributed by atoms with Gasteiger partial charge in [0.2, 0.25) is 5.91 Å². The Hall–Kier alpha value is -1.51. The SMILES string of the molecule is CC(C)(C)C(=O)NCOc1cc[c]cc1. The van der Waals surface area contributed by atoms with Crippen LogP contribution >= 0.6 is 0 Å². The molecule has 1 N–H and O–H groups in total. The van der Waals surface area contributed by atoms with Gasteiger partial charge < -0.3 is 10.1 Å². The molecule has 0 spiro atoms. The maximum absolute atomic E-state index is 11.5. The molecule has 81 valence electrons. The van der Waals surface area contributed by atoms with Gasteiger partial charge in [0.25, 0.3) is 0 Å². The van der Waals surface area contributed by atoms with Gasteiger partial charge in [0.05, 0.1) is 0 Å². The largest absolute Gasteiger partial charge is 0.473 e. The van der Waals surface area contributed by atoms with Crippen LogP contribution in [0.3, 0.4) is 0 Å². The number of carbonyl (C=O) groups is 1.